The fourth-order valence-corrected chi connectivity index (χ4v) is 5.00. The van der Waals surface area contributed by atoms with Crippen molar-refractivity contribution in [2.45, 2.75) is 95.8 Å². The Balaban J connectivity index is 1.85. The second-order valence-corrected chi connectivity index (χ2v) is 9.56. The lowest BCUT2D eigenvalue weighted by atomic mass is 9.58. The molecule has 0 aromatic rings. The van der Waals surface area contributed by atoms with Gasteiger partial charge in [0.1, 0.15) is 24.4 Å². The van der Waals surface area contributed by atoms with Crippen LogP contribution in [0.25, 0.3) is 0 Å². The summed E-state index contributed by atoms with van der Waals surface area (Å²) in [6, 6.07) is 0. The quantitative estimate of drug-likeness (QED) is 0.435. The van der Waals surface area contributed by atoms with Crippen molar-refractivity contribution in [2.75, 3.05) is 6.61 Å². The van der Waals surface area contributed by atoms with Gasteiger partial charge in [0.15, 0.2) is 12.1 Å². The van der Waals surface area contributed by atoms with E-state index in [0.717, 1.165) is 12.0 Å². The van der Waals surface area contributed by atoms with E-state index >= 15 is 0 Å². The average Bonchev–Trinajstić information content (AvgIpc) is 2.65. The Hall–Kier alpha value is -0.870. The van der Waals surface area contributed by atoms with Crippen LogP contribution in [0.1, 0.15) is 53.4 Å². The van der Waals surface area contributed by atoms with E-state index in [-0.39, 0.29) is 18.1 Å². The molecule has 2 aliphatic carbocycles. The molecule has 1 aliphatic heterocycles. The first-order valence-electron chi connectivity index (χ1n) is 10.3. The van der Waals surface area contributed by atoms with Crippen LogP contribution in [0.2, 0.25) is 0 Å². The summed E-state index contributed by atoms with van der Waals surface area (Å²) in [5.41, 5.74) is 0.332. The van der Waals surface area contributed by atoms with Gasteiger partial charge < -0.3 is 35.0 Å². The van der Waals surface area contributed by atoms with Crippen LogP contribution in [-0.2, 0) is 14.3 Å². The molecule has 8 nitrogen and oxygen atoms in total. The highest BCUT2D eigenvalue weighted by molar-refractivity contribution is 5.97. The molecule has 0 amide bonds. The number of Topliss-reactive ketones (excluding diaryl/α,β-unsaturated/α-hetero) is 1. The minimum Gasteiger partial charge on any atom is -0.394 e. The second kappa shape index (κ2) is 8.00. The lowest BCUT2D eigenvalue weighted by molar-refractivity contribution is -0.318. The highest BCUT2D eigenvalue weighted by Gasteiger charge is 2.52. The summed E-state index contributed by atoms with van der Waals surface area (Å²) in [6.07, 6.45) is -5.24. The summed E-state index contributed by atoms with van der Waals surface area (Å²) in [4.78, 5) is 12.7. The normalized spacial score (nSPS) is 44.0. The van der Waals surface area contributed by atoms with Gasteiger partial charge in [-0.15, -0.1) is 0 Å². The Labute approximate surface area is 171 Å². The third kappa shape index (κ3) is 4.04. The first-order chi connectivity index (χ1) is 13.4. The number of hydrogen-bond donors (Lipinski definition) is 5. The molecule has 2 fully saturated rings. The second-order valence-electron chi connectivity index (χ2n) is 9.56. The highest BCUT2D eigenvalue weighted by atomic mass is 16.7. The molecule has 0 bridgehead atoms. The number of fused-ring (bicyclic) bond motifs is 1. The SMILES string of the molecule is CC1=C2C[C@H](C(C)(C)O)CC[C@@]2(C)[C@H](O[C@@H]2O[C@H](CO)[C@@H](O)[C@H](O)[C@H]2O)CC1=O. The minimum absolute atomic E-state index is 0.0272. The Morgan fingerprint density at radius 1 is 1.17 bits per heavy atom. The summed E-state index contributed by atoms with van der Waals surface area (Å²) in [5, 5.41) is 50.2. The average molecular weight is 414 g/mol. The summed E-state index contributed by atoms with van der Waals surface area (Å²) in [5.74, 6) is -0.0252. The van der Waals surface area contributed by atoms with Crippen LogP contribution in [0.4, 0.5) is 0 Å². The molecular weight excluding hydrogens is 380 g/mol. The molecule has 3 rings (SSSR count). The van der Waals surface area contributed by atoms with Crippen LogP contribution < -0.4 is 0 Å². The maximum Gasteiger partial charge on any atom is 0.187 e. The zero-order valence-electron chi connectivity index (χ0n) is 17.5. The molecule has 166 valence electrons. The van der Waals surface area contributed by atoms with E-state index in [0.29, 0.717) is 18.4 Å². The van der Waals surface area contributed by atoms with E-state index in [9.17, 15) is 30.3 Å². The van der Waals surface area contributed by atoms with Gasteiger partial charge in [-0.3, -0.25) is 4.79 Å². The molecule has 0 radical (unpaired) electrons. The van der Waals surface area contributed by atoms with Crippen molar-refractivity contribution in [1.29, 1.82) is 0 Å². The van der Waals surface area contributed by atoms with Crippen LogP contribution in [0, 0.1) is 11.3 Å². The van der Waals surface area contributed by atoms with Crippen LogP contribution in [0.5, 0.6) is 0 Å². The molecule has 0 aromatic carbocycles. The summed E-state index contributed by atoms with van der Waals surface area (Å²) in [6.45, 7) is 6.86. The lowest BCUT2D eigenvalue weighted by Gasteiger charge is -2.51. The van der Waals surface area contributed by atoms with E-state index in [2.05, 4.69) is 0 Å². The largest absolute Gasteiger partial charge is 0.394 e. The van der Waals surface area contributed by atoms with Crippen LogP contribution in [-0.4, -0.2) is 80.3 Å². The van der Waals surface area contributed by atoms with Crippen LogP contribution in [0.3, 0.4) is 0 Å². The predicted molar refractivity (Wildman–Crippen MR) is 103 cm³/mol. The molecule has 0 spiro atoms. The molecule has 1 saturated carbocycles. The predicted octanol–water partition coefficient (Wildman–Crippen LogP) is 0.0381. The molecular formula is C21H34O8. The van der Waals surface area contributed by atoms with Gasteiger partial charge in [-0.1, -0.05) is 12.5 Å². The van der Waals surface area contributed by atoms with Gasteiger partial charge in [0.2, 0.25) is 0 Å². The van der Waals surface area contributed by atoms with E-state index in [4.69, 9.17) is 9.47 Å². The number of aliphatic hydroxyl groups excluding tert-OH is 4. The number of ether oxygens (including phenoxy) is 2. The Bertz CT molecular complexity index is 666. The first-order valence-corrected chi connectivity index (χ1v) is 10.3. The van der Waals surface area contributed by atoms with Crippen LogP contribution in [0.15, 0.2) is 11.1 Å². The van der Waals surface area contributed by atoms with Gasteiger partial charge in [0.25, 0.3) is 0 Å². The molecule has 8 heteroatoms. The summed E-state index contributed by atoms with van der Waals surface area (Å²) in [7, 11) is 0. The topological polar surface area (TPSA) is 137 Å². The van der Waals surface area contributed by atoms with Crippen molar-refractivity contribution in [3.8, 4) is 0 Å². The Morgan fingerprint density at radius 2 is 1.83 bits per heavy atom. The van der Waals surface area contributed by atoms with Gasteiger partial charge >= 0.3 is 0 Å². The number of aliphatic hydroxyl groups is 5. The number of carbonyl (C=O) groups is 1. The van der Waals surface area contributed by atoms with Gasteiger partial charge in [-0.05, 0) is 51.5 Å². The van der Waals surface area contributed by atoms with E-state index in [1.54, 1.807) is 13.8 Å². The maximum absolute atomic E-state index is 12.7. The van der Waals surface area contributed by atoms with E-state index in [1.807, 2.05) is 13.8 Å². The van der Waals surface area contributed by atoms with E-state index in [1.165, 1.54) is 0 Å². The standard InChI is InChI=1S/C21H34O8/c1-10-12-7-11(20(2,3)27)5-6-21(12,4)15(8-13(10)23)29-19-18(26)17(25)16(24)14(9-22)28-19/h11,14-19,22,24-27H,5-9H2,1-4H3/t11-,14-,15-,16-,17+,18-,19+,21-/m1/s1. The van der Waals surface area contributed by atoms with Crippen molar-refractivity contribution < 1.29 is 39.8 Å². The molecule has 0 unspecified atom stereocenters. The molecule has 0 aromatic heterocycles. The van der Waals surface area contributed by atoms with Gasteiger partial charge in [0.05, 0.1) is 18.3 Å². The van der Waals surface area contributed by atoms with Crippen molar-refractivity contribution in [2.24, 2.45) is 11.3 Å². The third-order valence-electron chi connectivity index (χ3n) is 7.25. The van der Waals surface area contributed by atoms with Gasteiger partial charge in [-0.2, -0.15) is 0 Å². The number of ketones is 1. The monoisotopic (exact) mass is 414 g/mol. The van der Waals surface area contributed by atoms with Gasteiger partial charge in [0, 0.05) is 11.8 Å². The molecule has 1 saturated heterocycles. The van der Waals surface area contributed by atoms with Crippen molar-refractivity contribution >= 4 is 5.78 Å². The molecule has 3 aliphatic rings. The maximum atomic E-state index is 12.7. The fourth-order valence-electron chi connectivity index (χ4n) is 5.00. The summed E-state index contributed by atoms with van der Waals surface area (Å²) < 4.78 is 11.5. The van der Waals surface area contributed by atoms with E-state index < -0.39 is 54.4 Å². The van der Waals surface area contributed by atoms with Crippen molar-refractivity contribution in [3.05, 3.63) is 11.1 Å². The molecule has 29 heavy (non-hydrogen) atoms. The highest BCUT2D eigenvalue weighted by Crippen LogP contribution is 2.53. The molecule has 5 N–H and O–H groups in total. The lowest BCUT2D eigenvalue weighted by Crippen LogP contribution is -2.61. The Kier molecular flexibility index (Phi) is 6.29. The summed E-state index contributed by atoms with van der Waals surface area (Å²) >= 11 is 0. The number of hydrogen-bond acceptors (Lipinski definition) is 8. The first kappa shape index (κ1) is 22.8. The zero-order chi connectivity index (χ0) is 21.7. The zero-order valence-corrected chi connectivity index (χ0v) is 17.5. The van der Waals surface area contributed by atoms with Gasteiger partial charge in [-0.25, -0.2) is 0 Å². The Morgan fingerprint density at radius 3 is 2.41 bits per heavy atom. The smallest absolute Gasteiger partial charge is 0.187 e. The van der Waals surface area contributed by atoms with Crippen molar-refractivity contribution in [3.63, 3.8) is 0 Å². The number of rotatable bonds is 4. The van der Waals surface area contributed by atoms with Crippen LogP contribution >= 0.6 is 0 Å². The number of allylic oxidation sites excluding steroid dienone is 1. The van der Waals surface area contributed by atoms with Crippen molar-refractivity contribution in [1.82, 2.24) is 0 Å². The third-order valence-corrected chi connectivity index (χ3v) is 7.25. The minimum atomic E-state index is -1.53. The fraction of sp³-hybridized carbons (Fsp3) is 0.857. The molecule has 8 atom stereocenters. The molecule has 1 heterocycles. The number of carbonyl (C=O) groups excluding carboxylic acids is 1.